The third kappa shape index (κ3) is 9.81. The van der Waals surface area contributed by atoms with Gasteiger partial charge in [-0.1, -0.05) is 5.92 Å². The summed E-state index contributed by atoms with van der Waals surface area (Å²) in [6, 6.07) is 3.71. The van der Waals surface area contributed by atoms with Crippen molar-refractivity contribution in [2.24, 2.45) is 0 Å². The predicted molar refractivity (Wildman–Crippen MR) is 106 cm³/mol. The van der Waals surface area contributed by atoms with Gasteiger partial charge in [-0.05, 0) is 102 Å². The van der Waals surface area contributed by atoms with E-state index in [2.05, 4.69) is 100 Å². The standard InChI is InChI=1S/C24H9NO3/c1-2-3-4-5-6-7-8-9-10-11-12-13-14-15-16-17-24(28)25-22-20-21(26)18-19-23(22)27/h18-20,26-27H,1H3,(H,25,28). The van der Waals surface area contributed by atoms with Crippen molar-refractivity contribution >= 4 is 11.6 Å². The molecule has 0 heterocycles. The lowest BCUT2D eigenvalue weighted by molar-refractivity contribution is -0.111. The smallest absolute Gasteiger partial charge is 0.301 e. The lowest BCUT2D eigenvalue weighted by atomic mass is 10.2. The summed E-state index contributed by atoms with van der Waals surface area (Å²) in [6.07, 6.45) is 0. The second-order valence-electron chi connectivity index (χ2n) is 4.28. The first-order valence-electron chi connectivity index (χ1n) is 7.39. The fourth-order valence-corrected chi connectivity index (χ4v) is 1.30. The average Bonchev–Trinajstić information content (AvgIpc) is 2.67. The van der Waals surface area contributed by atoms with Crippen LogP contribution < -0.4 is 5.32 Å². The summed E-state index contributed by atoms with van der Waals surface area (Å²) in [4.78, 5) is 11.6. The van der Waals surface area contributed by atoms with Crippen LogP contribution in [0.4, 0.5) is 5.69 Å². The van der Waals surface area contributed by atoms with E-state index in [4.69, 9.17) is 0 Å². The minimum atomic E-state index is -0.703. The Labute approximate surface area is 163 Å². The molecule has 1 rings (SSSR count). The Kier molecular flexibility index (Phi) is 9.74. The number of aromatic hydroxyl groups is 2. The molecule has 0 aliphatic carbocycles. The number of amides is 1. The van der Waals surface area contributed by atoms with E-state index in [0.717, 1.165) is 0 Å². The highest BCUT2D eigenvalue weighted by molar-refractivity contribution is 6.05. The molecule has 1 aromatic rings. The number of rotatable bonds is 1. The summed E-state index contributed by atoms with van der Waals surface area (Å²) in [5, 5.41) is 21.1. The molecule has 0 aromatic heterocycles. The third-order valence-electron chi connectivity index (χ3n) is 2.34. The normalized spacial score (nSPS) is 6.32. The van der Waals surface area contributed by atoms with Gasteiger partial charge in [0.2, 0.25) is 0 Å². The highest BCUT2D eigenvalue weighted by atomic mass is 16.3. The molecule has 4 heteroatoms. The Hall–Kier alpha value is -5.23. The van der Waals surface area contributed by atoms with E-state index in [0.29, 0.717) is 0 Å². The van der Waals surface area contributed by atoms with Crippen molar-refractivity contribution in [1.82, 2.24) is 0 Å². The van der Waals surface area contributed by atoms with Crippen LogP contribution in [-0.4, -0.2) is 16.1 Å². The first kappa shape index (κ1) is 20.8. The van der Waals surface area contributed by atoms with Gasteiger partial charge in [0.25, 0.3) is 0 Å². The van der Waals surface area contributed by atoms with Gasteiger partial charge >= 0.3 is 5.91 Å². The summed E-state index contributed by atoms with van der Waals surface area (Å²) in [5.74, 6) is 38.0. The van der Waals surface area contributed by atoms with Crippen molar-refractivity contribution in [2.75, 3.05) is 5.32 Å². The second-order valence-corrected chi connectivity index (χ2v) is 4.28. The number of hydrogen-bond donors (Lipinski definition) is 3. The molecule has 0 aliphatic heterocycles. The van der Waals surface area contributed by atoms with Crippen molar-refractivity contribution in [1.29, 1.82) is 0 Å². The van der Waals surface area contributed by atoms with Crippen LogP contribution in [0.3, 0.4) is 0 Å². The monoisotopic (exact) mass is 359 g/mol. The van der Waals surface area contributed by atoms with Crippen molar-refractivity contribution < 1.29 is 15.0 Å². The molecule has 28 heavy (non-hydrogen) atoms. The molecule has 1 aromatic carbocycles. The number of anilines is 1. The molecule has 0 atom stereocenters. The van der Waals surface area contributed by atoms with E-state index in [1.807, 2.05) is 0 Å². The maximum Gasteiger partial charge on any atom is 0.301 e. The minimum Gasteiger partial charge on any atom is -0.508 e. The van der Waals surface area contributed by atoms with Crippen LogP contribution in [0.5, 0.6) is 11.5 Å². The molecule has 0 fully saturated rings. The minimum absolute atomic E-state index is 0.0369. The summed E-state index contributed by atoms with van der Waals surface area (Å²) >= 11 is 0. The highest BCUT2D eigenvalue weighted by Crippen LogP contribution is 2.26. The molecule has 0 unspecified atom stereocenters. The fraction of sp³-hybridized carbons (Fsp3) is 0.0417. The topological polar surface area (TPSA) is 69.6 Å². The number of nitrogens with one attached hydrogen (secondary N) is 1. The Morgan fingerprint density at radius 3 is 1.71 bits per heavy atom. The highest BCUT2D eigenvalue weighted by Gasteiger charge is 2.04. The number of benzene rings is 1. The Morgan fingerprint density at radius 1 is 0.750 bits per heavy atom. The van der Waals surface area contributed by atoms with Gasteiger partial charge in [0.15, 0.2) is 0 Å². The van der Waals surface area contributed by atoms with E-state index >= 15 is 0 Å². The second kappa shape index (κ2) is 13.1. The maximum atomic E-state index is 11.6. The van der Waals surface area contributed by atoms with Crippen LogP contribution >= 0.6 is 0 Å². The van der Waals surface area contributed by atoms with Crippen LogP contribution in [0.2, 0.25) is 0 Å². The first-order valence-corrected chi connectivity index (χ1v) is 7.39. The molecular weight excluding hydrogens is 350 g/mol. The third-order valence-corrected chi connectivity index (χ3v) is 2.34. The zero-order valence-electron chi connectivity index (χ0n) is 14.5. The maximum absolute atomic E-state index is 11.6. The molecule has 0 bridgehead atoms. The van der Waals surface area contributed by atoms with Crippen molar-refractivity contribution in [3.63, 3.8) is 0 Å². The van der Waals surface area contributed by atoms with E-state index in [1.54, 1.807) is 6.92 Å². The largest absolute Gasteiger partial charge is 0.508 e. The molecule has 128 valence electrons. The molecule has 1 amide bonds. The van der Waals surface area contributed by atoms with Gasteiger partial charge in [-0.2, -0.15) is 0 Å². The average molecular weight is 359 g/mol. The SMILES string of the molecule is CC#CC#CC#CC#CC#CC#CC#CC#CC(=O)Nc1cc(O)ccc1O. The van der Waals surface area contributed by atoms with Crippen LogP contribution in [0, 0.1) is 94.7 Å². The van der Waals surface area contributed by atoms with Gasteiger partial charge in [0.1, 0.15) is 11.5 Å². The number of carbonyl (C=O) groups excluding carboxylic acids is 1. The molecule has 0 saturated heterocycles. The lowest BCUT2D eigenvalue weighted by Crippen LogP contribution is -2.08. The van der Waals surface area contributed by atoms with Crippen LogP contribution in [0.15, 0.2) is 18.2 Å². The zero-order valence-corrected chi connectivity index (χ0v) is 14.5. The van der Waals surface area contributed by atoms with E-state index in [9.17, 15) is 15.0 Å². The summed E-state index contributed by atoms with van der Waals surface area (Å²) in [5.41, 5.74) is 0.0369. The number of hydrogen-bond acceptors (Lipinski definition) is 3. The van der Waals surface area contributed by atoms with Gasteiger partial charge in [-0.3, -0.25) is 4.79 Å². The predicted octanol–water partition coefficient (Wildman–Crippen LogP) is 1.08. The van der Waals surface area contributed by atoms with Gasteiger partial charge in [0.05, 0.1) is 5.69 Å². The Balaban J connectivity index is 2.53. The van der Waals surface area contributed by atoms with E-state index in [1.165, 1.54) is 18.2 Å². The Morgan fingerprint density at radius 2 is 1.21 bits per heavy atom. The van der Waals surface area contributed by atoms with Crippen LogP contribution in [0.25, 0.3) is 0 Å². The number of phenols is 2. The molecule has 0 aliphatic rings. The molecule has 0 saturated carbocycles. The fourth-order valence-electron chi connectivity index (χ4n) is 1.30. The number of phenolic OH excluding ortho intramolecular Hbond substituents is 2. The van der Waals surface area contributed by atoms with Crippen molar-refractivity contribution in [2.45, 2.75) is 6.92 Å². The Bertz CT molecular complexity index is 1270. The van der Waals surface area contributed by atoms with Gasteiger partial charge in [0, 0.05) is 12.0 Å². The quantitative estimate of drug-likeness (QED) is 0.399. The van der Waals surface area contributed by atoms with E-state index in [-0.39, 0.29) is 17.2 Å². The zero-order chi connectivity index (χ0) is 20.5. The first-order chi connectivity index (χ1) is 13.6. The summed E-state index contributed by atoms with van der Waals surface area (Å²) in [6.45, 7) is 1.68. The van der Waals surface area contributed by atoms with Gasteiger partial charge in [-0.25, -0.2) is 0 Å². The van der Waals surface area contributed by atoms with Crippen LogP contribution in [0.1, 0.15) is 6.92 Å². The lowest BCUT2D eigenvalue weighted by Gasteiger charge is -2.03. The van der Waals surface area contributed by atoms with E-state index < -0.39 is 5.91 Å². The molecule has 4 nitrogen and oxygen atoms in total. The van der Waals surface area contributed by atoms with Gasteiger partial charge < -0.3 is 15.5 Å². The molecule has 0 spiro atoms. The number of carbonyl (C=O) groups is 1. The summed E-state index contributed by atoms with van der Waals surface area (Å²) in [7, 11) is 0. The van der Waals surface area contributed by atoms with Crippen LogP contribution in [-0.2, 0) is 4.79 Å². The molecular formula is C24H9NO3. The van der Waals surface area contributed by atoms with Crippen molar-refractivity contribution in [3.05, 3.63) is 18.2 Å². The molecule has 0 radical (unpaired) electrons. The van der Waals surface area contributed by atoms with Gasteiger partial charge in [-0.15, -0.1) is 0 Å². The molecule has 3 N–H and O–H groups in total. The van der Waals surface area contributed by atoms with Crippen molar-refractivity contribution in [3.8, 4) is 106 Å². The summed E-state index contributed by atoms with van der Waals surface area (Å²) < 4.78 is 0.